The minimum Gasteiger partial charge on any atom is -0.493 e. The van der Waals surface area contributed by atoms with Crippen molar-refractivity contribution in [1.29, 1.82) is 0 Å². The molecule has 2 fully saturated rings. The molecule has 1 saturated carbocycles. The molecule has 0 spiro atoms. The van der Waals surface area contributed by atoms with Crippen molar-refractivity contribution in [3.05, 3.63) is 23.8 Å². The summed E-state index contributed by atoms with van der Waals surface area (Å²) in [5.74, 6) is 3.39. The number of hydrogen-bond acceptors (Lipinski definition) is 4. The summed E-state index contributed by atoms with van der Waals surface area (Å²) < 4.78 is 12.0. The van der Waals surface area contributed by atoms with E-state index in [1.807, 2.05) is 19.2 Å². The Morgan fingerprint density at radius 2 is 1.97 bits per heavy atom. The van der Waals surface area contributed by atoms with Crippen LogP contribution in [0.2, 0.25) is 0 Å². The van der Waals surface area contributed by atoms with Crippen LogP contribution in [0.25, 0.3) is 0 Å². The lowest BCUT2D eigenvalue weighted by Crippen LogP contribution is -2.40. The first-order valence-corrected chi connectivity index (χ1v) is 11.7. The van der Waals surface area contributed by atoms with Gasteiger partial charge in [-0.25, -0.2) is 0 Å². The third-order valence-corrected chi connectivity index (χ3v) is 6.51. The summed E-state index contributed by atoms with van der Waals surface area (Å²) in [5, 5.41) is 3.57. The average molecular weight is 417 g/mol. The monoisotopic (exact) mass is 416 g/mol. The lowest BCUT2D eigenvalue weighted by molar-refractivity contribution is 0.198. The Morgan fingerprint density at radius 1 is 1.20 bits per heavy atom. The highest BCUT2D eigenvalue weighted by molar-refractivity contribution is 5.80. The molecular weight excluding hydrogens is 376 g/mol. The number of ether oxygens (including phenoxy) is 2. The van der Waals surface area contributed by atoms with Crippen molar-refractivity contribution < 1.29 is 9.47 Å². The minimum absolute atomic E-state index is 0.304. The number of likely N-dealkylation sites (tertiary alicyclic amines) is 1. The summed E-state index contributed by atoms with van der Waals surface area (Å²) in [4.78, 5) is 9.48. The van der Waals surface area contributed by atoms with E-state index in [1.165, 1.54) is 25.8 Å². The summed E-state index contributed by atoms with van der Waals surface area (Å²) >= 11 is 0. The van der Waals surface area contributed by atoms with Gasteiger partial charge in [0.1, 0.15) is 0 Å². The van der Waals surface area contributed by atoms with Gasteiger partial charge >= 0.3 is 0 Å². The second kappa shape index (κ2) is 11.4. The van der Waals surface area contributed by atoms with E-state index >= 15 is 0 Å². The van der Waals surface area contributed by atoms with Gasteiger partial charge in [0.05, 0.1) is 13.2 Å². The third-order valence-electron chi connectivity index (χ3n) is 6.51. The van der Waals surface area contributed by atoms with Gasteiger partial charge in [0.15, 0.2) is 17.5 Å². The Hall–Kier alpha value is -1.95. The zero-order valence-electron chi connectivity index (χ0n) is 19.3. The van der Waals surface area contributed by atoms with E-state index in [1.54, 1.807) is 7.11 Å². The second-order valence-electron chi connectivity index (χ2n) is 8.46. The van der Waals surface area contributed by atoms with E-state index < -0.39 is 0 Å². The first-order valence-electron chi connectivity index (χ1n) is 11.7. The Morgan fingerprint density at radius 3 is 2.63 bits per heavy atom. The molecule has 6 nitrogen and oxygen atoms in total. The van der Waals surface area contributed by atoms with Crippen molar-refractivity contribution in [1.82, 2.24) is 15.1 Å². The SMILES string of the molecule is CCN(CC)CC1CCN(C(=NC)NCc2cccc(OC)c2OC2CCCC2)C1. The molecule has 168 valence electrons. The summed E-state index contributed by atoms with van der Waals surface area (Å²) in [5.41, 5.74) is 1.13. The second-order valence-corrected chi connectivity index (χ2v) is 8.46. The standard InChI is InChI=1S/C24H40N4O2/c1-5-27(6-2)17-19-14-15-28(18-19)24(25-3)26-16-20-10-9-13-22(29-4)23(20)30-21-11-7-8-12-21/h9-10,13,19,21H,5-8,11-12,14-18H2,1-4H3,(H,25,26). The van der Waals surface area contributed by atoms with Gasteiger partial charge in [-0.15, -0.1) is 0 Å². The molecule has 0 bridgehead atoms. The molecule has 0 amide bonds. The van der Waals surface area contributed by atoms with Crippen molar-refractivity contribution in [3.8, 4) is 11.5 Å². The zero-order valence-corrected chi connectivity index (χ0v) is 19.3. The van der Waals surface area contributed by atoms with Gasteiger partial charge in [0.25, 0.3) is 0 Å². The maximum absolute atomic E-state index is 6.38. The van der Waals surface area contributed by atoms with Crippen molar-refractivity contribution in [2.75, 3.05) is 46.9 Å². The van der Waals surface area contributed by atoms with Crippen LogP contribution in [0.15, 0.2) is 23.2 Å². The third kappa shape index (κ3) is 5.81. The summed E-state index contributed by atoms with van der Waals surface area (Å²) in [6.07, 6.45) is 6.31. The van der Waals surface area contributed by atoms with Gasteiger partial charge in [-0.05, 0) is 57.2 Å². The van der Waals surface area contributed by atoms with Crippen LogP contribution in [0, 0.1) is 5.92 Å². The predicted octanol–water partition coefficient (Wildman–Crippen LogP) is 3.76. The Bertz CT molecular complexity index is 684. The Labute approximate surface area is 182 Å². The molecule has 0 radical (unpaired) electrons. The molecule has 1 atom stereocenters. The molecule has 3 rings (SSSR count). The number of rotatable bonds is 9. The molecule has 0 aromatic heterocycles. The fourth-order valence-electron chi connectivity index (χ4n) is 4.70. The largest absolute Gasteiger partial charge is 0.493 e. The number of benzene rings is 1. The summed E-state index contributed by atoms with van der Waals surface area (Å²) in [7, 11) is 3.59. The van der Waals surface area contributed by atoms with Gasteiger partial charge in [0, 0.05) is 38.8 Å². The first kappa shape index (κ1) is 22.7. The van der Waals surface area contributed by atoms with E-state index in [0.717, 1.165) is 62.0 Å². The minimum atomic E-state index is 0.304. The van der Waals surface area contributed by atoms with Crippen molar-refractivity contribution in [2.24, 2.45) is 10.9 Å². The van der Waals surface area contributed by atoms with Crippen LogP contribution in [0.4, 0.5) is 0 Å². The smallest absolute Gasteiger partial charge is 0.193 e. The Kier molecular flexibility index (Phi) is 8.67. The highest BCUT2D eigenvalue weighted by Gasteiger charge is 2.26. The number of methoxy groups -OCH3 is 1. The van der Waals surface area contributed by atoms with Crippen LogP contribution in [0.1, 0.15) is 51.5 Å². The van der Waals surface area contributed by atoms with Gasteiger partial charge in [-0.3, -0.25) is 4.99 Å². The molecule has 2 aliphatic rings. The molecule has 1 N–H and O–H groups in total. The lowest BCUT2D eigenvalue weighted by atomic mass is 10.1. The van der Waals surface area contributed by atoms with Crippen molar-refractivity contribution in [2.45, 2.75) is 58.6 Å². The molecule has 1 aromatic carbocycles. The molecule has 30 heavy (non-hydrogen) atoms. The van der Waals surface area contributed by atoms with Crippen LogP contribution in [-0.4, -0.2) is 68.7 Å². The van der Waals surface area contributed by atoms with Crippen LogP contribution in [-0.2, 0) is 6.54 Å². The summed E-state index contributed by atoms with van der Waals surface area (Å²) in [6, 6.07) is 6.15. The van der Waals surface area contributed by atoms with Crippen LogP contribution < -0.4 is 14.8 Å². The lowest BCUT2D eigenvalue weighted by Gasteiger charge is -2.25. The van der Waals surface area contributed by atoms with Gasteiger partial charge in [0.2, 0.25) is 0 Å². The summed E-state index contributed by atoms with van der Waals surface area (Å²) in [6.45, 7) is 10.7. The van der Waals surface area contributed by atoms with E-state index in [9.17, 15) is 0 Å². The highest BCUT2D eigenvalue weighted by atomic mass is 16.5. The number of nitrogens with zero attached hydrogens (tertiary/aromatic N) is 3. The van der Waals surface area contributed by atoms with Crippen molar-refractivity contribution >= 4 is 5.96 Å². The molecular formula is C24H40N4O2. The maximum Gasteiger partial charge on any atom is 0.193 e. The molecule has 1 aliphatic carbocycles. The molecule has 1 saturated heterocycles. The molecule has 1 aromatic rings. The average Bonchev–Trinajstić information content (AvgIpc) is 3.45. The normalized spacial score (nSPS) is 20.2. The van der Waals surface area contributed by atoms with E-state index in [-0.39, 0.29) is 0 Å². The number of hydrogen-bond donors (Lipinski definition) is 1. The van der Waals surface area contributed by atoms with E-state index in [0.29, 0.717) is 18.6 Å². The molecule has 1 heterocycles. The molecule has 1 unspecified atom stereocenters. The molecule has 1 aliphatic heterocycles. The van der Waals surface area contributed by atoms with Crippen LogP contribution in [0.5, 0.6) is 11.5 Å². The fraction of sp³-hybridized carbons (Fsp3) is 0.708. The zero-order chi connectivity index (χ0) is 21.3. The number of para-hydroxylation sites is 1. The maximum atomic E-state index is 6.38. The van der Waals surface area contributed by atoms with Crippen LogP contribution in [0.3, 0.4) is 0 Å². The van der Waals surface area contributed by atoms with Gasteiger partial charge < -0.3 is 24.6 Å². The number of guanidine groups is 1. The van der Waals surface area contributed by atoms with Gasteiger partial charge in [-0.2, -0.15) is 0 Å². The number of nitrogens with one attached hydrogen (secondary N) is 1. The number of aliphatic imine (C=N–C) groups is 1. The Balaban J connectivity index is 1.61. The first-order chi connectivity index (χ1) is 14.7. The van der Waals surface area contributed by atoms with Gasteiger partial charge in [-0.1, -0.05) is 26.0 Å². The van der Waals surface area contributed by atoms with Crippen LogP contribution >= 0.6 is 0 Å². The quantitative estimate of drug-likeness (QED) is 0.491. The fourth-order valence-corrected chi connectivity index (χ4v) is 4.70. The topological polar surface area (TPSA) is 49.3 Å². The van der Waals surface area contributed by atoms with Crippen molar-refractivity contribution in [3.63, 3.8) is 0 Å². The highest BCUT2D eigenvalue weighted by Crippen LogP contribution is 2.34. The van der Waals surface area contributed by atoms with E-state index in [4.69, 9.17) is 9.47 Å². The predicted molar refractivity (Wildman–Crippen MR) is 124 cm³/mol. The molecule has 6 heteroatoms. The van der Waals surface area contributed by atoms with E-state index in [2.05, 4.69) is 40.0 Å².